The van der Waals surface area contributed by atoms with Crippen molar-refractivity contribution in [3.05, 3.63) is 46.4 Å². The van der Waals surface area contributed by atoms with Gasteiger partial charge in [0.25, 0.3) is 5.91 Å². The van der Waals surface area contributed by atoms with Crippen molar-refractivity contribution in [2.45, 2.75) is 13.8 Å². The van der Waals surface area contributed by atoms with E-state index in [4.69, 9.17) is 5.11 Å². The number of anilines is 1. The first-order chi connectivity index (χ1) is 9.41. The predicted molar refractivity (Wildman–Crippen MR) is 72.9 cm³/mol. The average Bonchev–Trinajstić information content (AvgIpc) is 2.73. The van der Waals surface area contributed by atoms with E-state index in [2.05, 4.69) is 9.69 Å². The summed E-state index contributed by atoms with van der Waals surface area (Å²) in [6.45, 7) is 3.08. The Kier molecular flexibility index (Phi) is 3.80. The third kappa shape index (κ3) is 2.53. The molecule has 0 fully saturated rings. The summed E-state index contributed by atoms with van der Waals surface area (Å²) in [5, 5.41) is 11.6. The first-order valence-corrected chi connectivity index (χ1v) is 6.45. The fourth-order valence-corrected chi connectivity index (χ4v) is 2.48. The third-order valence-corrected chi connectivity index (χ3v) is 3.59. The Morgan fingerprint density at radius 3 is 2.70 bits per heavy atom. The summed E-state index contributed by atoms with van der Waals surface area (Å²) < 4.78 is 17.7. The molecule has 2 N–H and O–H groups in total. The zero-order chi connectivity index (χ0) is 14.9. The number of aromatic nitrogens is 1. The molecular formula is C13H11FN2O3S. The lowest BCUT2D eigenvalue weighted by Crippen LogP contribution is -2.15. The number of aryl methyl sites for hydroxylation is 2. The molecule has 7 heteroatoms. The Balaban J connectivity index is 2.33. The second-order valence-electron chi connectivity index (χ2n) is 4.17. The van der Waals surface area contributed by atoms with Crippen LogP contribution >= 0.6 is 11.5 Å². The van der Waals surface area contributed by atoms with Gasteiger partial charge in [-0.1, -0.05) is 12.1 Å². The molecule has 1 heterocycles. The van der Waals surface area contributed by atoms with Crippen molar-refractivity contribution in [2.75, 3.05) is 5.32 Å². The number of carboxylic acid groups (broad SMARTS) is 1. The van der Waals surface area contributed by atoms with E-state index < -0.39 is 17.7 Å². The van der Waals surface area contributed by atoms with Crippen LogP contribution in [0.5, 0.6) is 0 Å². The molecule has 20 heavy (non-hydrogen) atoms. The highest BCUT2D eigenvalue weighted by molar-refractivity contribution is 7.11. The third-order valence-electron chi connectivity index (χ3n) is 2.74. The molecule has 0 saturated heterocycles. The number of nitrogens with one attached hydrogen (secondary N) is 1. The van der Waals surface area contributed by atoms with Gasteiger partial charge in [0.15, 0.2) is 0 Å². The number of rotatable bonds is 3. The van der Waals surface area contributed by atoms with Crippen molar-refractivity contribution < 1.29 is 19.1 Å². The predicted octanol–water partition coefficient (Wildman–Crippen LogP) is 2.85. The molecule has 2 aromatic rings. The SMILES string of the molecule is Cc1cccc(C(=O)Nc2snc(C)c2C(=O)O)c1F. The number of amides is 1. The Bertz CT molecular complexity index is 697. The van der Waals surface area contributed by atoms with Crippen LogP contribution in [0.3, 0.4) is 0 Å². The monoisotopic (exact) mass is 294 g/mol. The summed E-state index contributed by atoms with van der Waals surface area (Å²) in [5.41, 5.74) is 0.447. The van der Waals surface area contributed by atoms with Crippen molar-refractivity contribution in [3.8, 4) is 0 Å². The Hall–Kier alpha value is -2.28. The molecule has 104 valence electrons. The van der Waals surface area contributed by atoms with E-state index in [9.17, 15) is 14.0 Å². The molecule has 0 aliphatic carbocycles. The summed E-state index contributed by atoms with van der Waals surface area (Å²) in [4.78, 5) is 23.1. The van der Waals surface area contributed by atoms with Gasteiger partial charge in [-0.2, -0.15) is 4.37 Å². The molecule has 0 aliphatic rings. The fraction of sp³-hybridized carbons (Fsp3) is 0.154. The van der Waals surface area contributed by atoms with Crippen molar-refractivity contribution in [2.24, 2.45) is 0 Å². The summed E-state index contributed by atoms with van der Waals surface area (Å²) in [5.74, 6) is -2.50. The van der Waals surface area contributed by atoms with Gasteiger partial charge in [-0.25, -0.2) is 9.18 Å². The van der Waals surface area contributed by atoms with Crippen LogP contribution in [0.25, 0.3) is 0 Å². The van der Waals surface area contributed by atoms with Crippen LogP contribution in [0.15, 0.2) is 18.2 Å². The number of nitrogens with zero attached hydrogens (tertiary/aromatic N) is 1. The van der Waals surface area contributed by atoms with Crippen LogP contribution in [-0.4, -0.2) is 21.4 Å². The van der Waals surface area contributed by atoms with E-state index in [1.807, 2.05) is 0 Å². The lowest BCUT2D eigenvalue weighted by Gasteiger charge is -2.06. The molecule has 5 nitrogen and oxygen atoms in total. The largest absolute Gasteiger partial charge is 0.478 e. The van der Waals surface area contributed by atoms with Gasteiger partial charge in [0.2, 0.25) is 0 Å². The van der Waals surface area contributed by atoms with Gasteiger partial charge in [0, 0.05) is 0 Å². The molecule has 1 amide bonds. The van der Waals surface area contributed by atoms with Crippen LogP contribution in [0.4, 0.5) is 9.39 Å². The van der Waals surface area contributed by atoms with E-state index in [1.54, 1.807) is 19.1 Å². The second-order valence-corrected chi connectivity index (χ2v) is 4.94. The number of carboxylic acids is 1. The van der Waals surface area contributed by atoms with Crippen molar-refractivity contribution in [1.29, 1.82) is 0 Å². The highest BCUT2D eigenvalue weighted by Gasteiger charge is 2.21. The van der Waals surface area contributed by atoms with Crippen LogP contribution < -0.4 is 5.32 Å². The van der Waals surface area contributed by atoms with Crippen LogP contribution in [0.2, 0.25) is 0 Å². The highest BCUT2D eigenvalue weighted by Crippen LogP contribution is 2.25. The number of carbonyl (C=O) groups excluding carboxylic acids is 1. The topological polar surface area (TPSA) is 79.3 Å². The summed E-state index contributed by atoms with van der Waals surface area (Å²) in [6, 6.07) is 4.45. The summed E-state index contributed by atoms with van der Waals surface area (Å²) in [7, 11) is 0. The van der Waals surface area contributed by atoms with E-state index in [0.717, 1.165) is 11.5 Å². The molecule has 0 bridgehead atoms. The normalized spacial score (nSPS) is 10.3. The van der Waals surface area contributed by atoms with Gasteiger partial charge in [0.05, 0.1) is 11.3 Å². The Labute approximate surface area is 118 Å². The van der Waals surface area contributed by atoms with E-state index >= 15 is 0 Å². The first kappa shape index (κ1) is 14.1. The van der Waals surface area contributed by atoms with Crippen LogP contribution in [0.1, 0.15) is 32.0 Å². The Morgan fingerprint density at radius 2 is 2.05 bits per heavy atom. The maximum Gasteiger partial charge on any atom is 0.340 e. The number of halogens is 1. The quantitative estimate of drug-likeness (QED) is 0.912. The molecule has 0 aliphatic heterocycles. The van der Waals surface area contributed by atoms with Crippen molar-refractivity contribution in [3.63, 3.8) is 0 Å². The molecule has 0 saturated carbocycles. The van der Waals surface area contributed by atoms with Gasteiger partial charge in [-0.3, -0.25) is 4.79 Å². The molecule has 0 unspecified atom stereocenters. The average molecular weight is 294 g/mol. The molecule has 0 atom stereocenters. The molecule has 0 spiro atoms. The molecule has 1 aromatic carbocycles. The maximum absolute atomic E-state index is 13.8. The summed E-state index contributed by atoms with van der Waals surface area (Å²) in [6.07, 6.45) is 0. The van der Waals surface area contributed by atoms with Crippen LogP contribution in [0, 0.1) is 19.7 Å². The van der Waals surface area contributed by atoms with E-state index in [0.29, 0.717) is 11.3 Å². The van der Waals surface area contributed by atoms with Gasteiger partial charge < -0.3 is 10.4 Å². The number of hydrogen-bond donors (Lipinski definition) is 2. The zero-order valence-corrected chi connectivity index (χ0v) is 11.5. The van der Waals surface area contributed by atoms with Gasteiger partial charge >= 0.3 is 5.97 Å². The minimum absolute atomic E-state index is 0.0728. The summed E-state index contributed by atoms with van der Waals surface area (Å²) >= 11 is 0.852. The second kappa shape index (κ2) is 5.38. The number of aromatic carboxylic acids is 1. The molecular weight excluding hydrogens is 283 g/mol. The lowest BCUT2D eigenvalue weighted by atomic mass is 10.1. The maximum atomic E-state index is 13.8. The van der Waals surface area contributed by atoms with Gasteiger partial charge in [-0.05, 0) is 37.0 Å². The first-order valence-electron chi connectivity index (χ1n) is 5.68. The number of hydrogen-bond acceptors (Lipinski definition) is 4. The zero-order valence-electron chi connectivity index (χ0n) is 10.7. The van der Waals surface area contributed by atoms with Crippen molar-refractivity contribution in [1.82, 2.24) is 4.37 Å². The molecule has 0 radical (unpaired) electrons. The lowest BCUT2D eigenvalue weighted by molar-refractivity contribution is 0.0697. The molecule has 2 rings (SSSR count). The molecule has 1 aromatic heterocycles. The fourth-order valence-electron chi connectivity index (χ4n) is 1.70. The smallest absolute Gasteiger partial charge is 0.340 e. The van der Waals surface area contributed by atoms with E-state index in [1.165, 1.54) is 13.0 Å². The minimum atomic E-state index is -1.18. The highest BCUT2D eigenvalue weighted by atomic mass is 32.1. The standard InChI is InChI=1S/C13H11FN2O3S/c1-6-4-3-5-8(10(6)14)11(17)15-12-9(13(18)19)7(2)16-20-12/h3-5H,1-2H3,(H,15,17)(H,18,19). The number of benzene rings is 1. The minimum Gasteiger partial charge on any atom is -0.478 e. The van der Waals surface area contributed by atoms with Gasteiger partial charge in [0.1, 0.15) is 16.4 Å². The van der Waals surface area contributed by atoms with Crippen molar-refractivity contribution >= 4 is 28.4 Å². The number of carbonyl (C=O) groups is 2. The van der Waals surface area contributed by atoms with E-state index in [-0.39, 0.29) is 16.1 Å². The Morgan fingerprint density at radius 1 is 1.35 bits per heavy atom. The van der Waals surface area contributed by atoms with Gasteiger partial charge in [-0.15, -0.1) is 0 Å². The van der Waals surface area contributed by atoms with Crippen LogP contribution in [-0.2, 0) is 0 Å².